The summed E-state index contributed by atoms with van der Waals surface area (Å²) in [4.78, 5) is 24.1. The van der Waals surface area contributed by atoms with Crippen LogP contribution >= 0.6 is 0 Å². The van der Waals surface area contributed by atoms with Crippen LogP contribution in [0.15, 0.2) is 12.2 Å². The van der Waals surface area contributed by atoms with Gasteiger partial charge in [0.2, 0.25) is 0 Å². The summed E-state index contributed by atoms with van der Waals surface area (Å²) in [5.41, 5.74) is -0.540. The molecule has 0 amide bonds. The second-order valence-electron chi connectivity index (χ2n) is 6.87. The van der Waals surface area contributed by atoms with Crippen LogP contribution in [-0.4, -0.2) is 17.9 Å². The van der Waals surface area contributed by atoms with Crippen LogP contribution in [-0.2, 0) is 14.3 Å². The Labute approximate surface area is 107 Å². The lowest BCUT2D eigenvalue weighted by atomic mass is 9.70. The van der Waals surface area contributed by atoms with Crippen molar-refractivity contribution in [3.05, 3.63) is 12.2 Å². The third kappa shape index (κ3) is 0.703. The fourth-order valence-electron chi connectivity index (χ4n) is 5.45. The first kappa shape index (κ1) is 10.8. The Balaban J connectivity index is 1.87. The molecule has 0 aromatic carbocycles. The van der Waals surface area contributed by atoms with E-state index in [1.54, 1.807) is 6.08 Å². The second-order valence-corrected chi connectivity index (χ2v) is 6.87. The highest BCUT2D eigenvalue weighted by molar-refractivity contribution is 6.04. The number of carbonyl (C=O) groups is 2. The lowest BCUT2D eigenvalue weighted by Gasteiger charge is -2.34. The van der Waals surface area contributed by atoms with E-state index in [1.165, 1.54) is 0 Å². The number of fused-ring (bicyclic) bond motifs is 2. The van der Waals surface area contributed by atoms with Gasteiger partial charge in [0.25, 0.3) is 0 Å². The van der Waals surface area contributed by atoms with Crippen LogP contribution in [0.1, 0.15) is 33.6 Å². The quantitative estimate of drug-likeness (QED) is 0.615. The van der Waals surface area contributed by atoms with Crippen LogP contribution in [0.2, 0.25) is 0 Å². The van der Waals surface area contributed by atoms with E-state index in [1.807, 2.05) is 6.92 Å². The number of hydrogen-bond donors (Lipinski definition) is 0. The van der Waals surface area contributed by atoms with Crippen LogP contribution in [0.3, 0.4) is 0 Å². The average molecular weight is 246 g/mol. The normalized spacial score (nSPS) is 60.1. The number of carbonyl (C=O) groups excluding carboxylic acids is 2. The summed E-state index contributed by atoms with van der Waals surface area (Å²) in [6, 6.07) is 0. The molecule has 3 aliphatic carbocycles. The maximum atomic E-state index is 12.2. The van der Waals surface area contributed by atoms with Crippen molar-refractivity contribution in [2.24, 2.45) is 28.1 Å². The van der Waals surface area contributed by atoms with Crippen molar-refractivity contribution < 1.29 is 14.3 Å². The summed E-state index contributed by atoms with van der Waals surface area (Å²) in [6.07, 6.45) is 5.72. The van der Waals surface area contributed by atoms with Crippen molar-refractivity contribution in [2.45, 2.75) is 39.7 Å². The van der Waals surface area contributed by atoms with Gasteiger partial charge in [-0.25, -0.2) is 0 Å². The minimum absolute atomic E-state index is 0.00264. The van der Waals surface area contributed by atoms with Crippen LogP contribution < -0.4 is 0 Å². The molecule has 1 unspecified atom stereocenters. The first-order chi connectivity index (χ1) is 8.40. The van der Waals surface area contributed by atoms with E-state index < -0.39 is 0 Å². The zero-order valence-electron chi connectivity index (χ0n) is 11.0. The Hall–Kier alpha value is -1.12. The monoisotopic (exact) mass is 246 g/mol. The molecule has 0 aromatic rings. The molecule has 3 nitrogen and oxygen atoms in total. The van der Waals surface area contributed by atoms with E-state index in [9.17, 15) is 9.59 Å². The van der Waals surface area contributed by atoms with Gasteiger partial charge >= 0.3 is 5.97 Å². The molecule has 96 valence electrons. The highest BCUT2D eigenvalue weighted by Crippen LogP contribution is 2.87. The maximum absolute atomic E-state index is 12.2. The number of rotatable bonds is 0. The Morgan fingerprint density at radius 2 is 2.06 bits per heavy atom. The topological polar surface area (TPSA) is 43.4 Å². The van der Waals surface area contributed by atoms with Crippen molar-refractivity contribution in [1.29, 1.82) is 0 Å². The van der Waals surface area contributed by atoms with E-state index in [0.29, 0.717) is 5.92 Å². The number of esters is 1. The van der Waals surface area contributed by atoms with Gasteiger partial charge in [-0.3, -0.25) is 9.59 Å². The van der Waals surface area contributed by atoms with Gasteiger partial charge in [-0.05, 0) is 24.3 Å². The van der Waals surface area contributed by atoms with E-state index in [-0.39, 0.29) is 40.0 Å². The van der Waals surface area contributed by atoms with E-state index in [0.717, 1.165) is 12.8 Å². The van der Waals surface area contributed by atoms with Crippen molar-refractivity contribution in [3.8, 4) is 0 Å². The largest absolute Gasteiger partial charge is 0.461 e. The minimum Gasteiger partial charge on any atom is -0.461 e. The molecule has 1 saturated heterocycles. The Morgan fingerprint density at radius 3 is 2.78 bits per heavy atom. The summed E-state index contributed by atoms with van der Waals surface area (Å²) in [7, 11) is 0. The Morgan fingerprint density at radius 1 is 1.33 bits per heavy atom. The van der Waals surface area contributed by atoms with Gasteiger partial charge in [0.15, 0.2) is 5.78 Å². The summed E-state index contributed by atoms with van der Waals surface area (Å²) in [6.45, 7) is 6.22. The molecule has 6 atom stereocenters. The molecule has 0 radical (unpaired) electrons. The number of allylic oxidation sites excluding steroid dienone is 1. The van der Waals surface area contributed by atoms with Crippen molar-refractivity contribution in [3.63, 3.8) is 0 Å². The third-order valence-corrected chi connectivity index (χ3v) is 6.84. The molecule has 3 fully saturated rings. The lowest BCUT2D eigenvalue weighted by molar-refractivity contribution is -0.146. The molecule has 0 bridgehead atoms. The zero-order valence-corrected chi connectivity index (χ0v) is 11.0. The summed E-state index contributed by atoms with van der Waals surface area (Å²) in [5.74, 6) is 0.428. The zero-order chi connectivity index (χ0) is 12.9. The van der Waals surface area contributed by atoms with Crippen molar-refractivity contribution in [2.75, 3.05) is 0 Å². The molecule has 0 N–H and O–H groups in total. The highest BCUT2D eigenvalue weighted by Gasteiger charge is 2.90. The maximum Gasteiger partial charge on any atom is 0.309 e. The van der Waals surface area contributed by atoms with Gasteiger partial charge in [0.05, 0.1) is 5.92 Å². The molecule has 1 aliphatic heterocycles. The van der Waals surface area contributed by atoms with Crippen LogP contribution in [0.4, 0.5) is 0 Å². The Kier molecular flexibility index (Phi) is 1.55. The van der Waals surface area contributed by atoms with Gasteiger partial charge in [0.1, 0.15) is 6.10 Å². The molecule has 2 saturated carbocycles. The summed E-state index contributed by atoms with van der Waals surface area (Å²) in [5, 5.41) is 0. The van der Waals surface area contributed by atoms with Gasteiger partial charge in [-0.15, -0.1) is 0 Å². The summed E-state index contributed by atoms with van der Waals surface area (Å²) < 4.78 is 5.67. The lowest BCUT2D eigenvalue weighted by Crippen LogP contribution is -2.36. The first-order valence-electron chi connectivity index (χ1n) is 6.84. The standard InChI is InChI=1S/C15H18O3/c1-8-9-4-6-13(2)14(3)10(16)5-7-15(13,14)11(9)18-12(8)17/h5,7-9,11H,4,6H2,1-3H3/t8-,9-,11+,13+,14+,15?/m0/s1. The SMILES string of the molecule is C[C@@H]1C(=O)O[C@@H]2[C@H]1CC[C@@]1(C)C23C=CC(=O)[C@@]31C. The average Bonchev–Trinajstić information content (AvgIpc) is 2.56. The van der Waals surface area contributed by atoms with E-state index in [2.05, 4.69) is 19.9 Å². The summed E-state index contributed by atoms with van der Waals surface area (Å²) >= 11 is 0. The highest BCUT2D eigenvalue weighted by atomic mass is 16.6. The molecule has 18 heavy (non-hydrogen) atoms. The van der Waals surface area contributed by atoms with E-state index in [4.69, 9.17) is 4.74 Å². The number of ketones is 1. The van der Waals surface area contributed by atoms with Crippen LogP contribution in [0.5, 0.6) is 0 Å². The van der Waals surface area contributed by atoms with Crippen LogP contribution in [0, 0.1) is 28.1 Å². The molecule has 0 aromatic heterocycles. The van der Waals surface area contributed by atoms with Crippen molar-refractivity contribution >= 4 is 11.8 Å². The number of ether oxygens (including phenoxy) is 1. The predicted molar refractivity (Wildman–Crippen MR) is 64.6 cm³/mol. The minimum atomic E-state index is -0.330. The number of hydrogen-bond acceptors (Lipinski definition) is 3. The van der Waals surface area contributed by atoms with Gasteiger partial charge in [-0.1, -0.05) is 26.8 Å². The molecular weight excluding hydrogens is 228 g/mol. The van der Waals surface area contributed by atoms with Gasteiger partial charge in [-0.2, -0.15) is 0 Å². The molecule has 3 heteroatoms. The van der Waals surface area contributed by atoms with E-state index >= 15 is 0 Å². The van der Waals surface area contributed by atoms with Gasteiger partial charge in [0, 0.05) is 16.7 Å². The molecule has 4 rings (SSSR count). The second kappa shape index (κ2) is 2.59. The first-order valence-corrected chi connectivity index (χ1v) is 6.84. The fourth-order valence-corrected chi connectivity index (χ4v) is 5.45. The molecule has 1 heterocycles. The Bertz CT molecular complexity index is 522. The van der Waals surface area contributed by atoms with Gasteiger partial charge < -0.3 is 4.74 Å². The van der Waals surface area contributed by atoms with Crippen LogP contribution in [0.25, 0.3) is 0 Å². The van der Waals surface area contributed by atoms with Crippen molar-refractivity contribution in [1.82, 2.24) is 0 Å². The third-order valence-electron chi connectivity index (χ3n) is 6.84. The molecule has 1 spiro atoms. The fraction of sp³-hybridized carbons (Fsp3) is 0.733. The molecule has 4 aliphatic rings. The predicted octanol–water partition coefficient (Wildman–Crippen LogP) is 2.11. The smallest absolute Gasteiger partial charge is 0.309 e. The molecular formula is C15H18O3.